The molecule has 0 saturated carbocycles. The zero-order valence-electron chi connectivity index (χ0n) is 14.1. The molecular formula is C16H22BrN3O4S. The van der Waals surface area contributed by atoms with Gasteiger partial charge in [-0.3, -0.25) is 9.78 Å². The van der Waals surface area contributed by atoms with Crippen LogP contribution in [-0.4, -0.2) is 67.1 Å². The summed E-state index contributed by atoms with van der Waals surface area (Å²) in [5.74, 6) is 0.758. The van der Waals surface area contributed by atoms with E-state index in [2.05, 4.69) is 20.9 Å². The zero-order chi connectivity index (χ0) is 18.0. The first kappa shape index (κ1) is 18.6. The fraction of sp³-hybridized carbons (Fsp3) is 0.625. The second kappa shape index (κ2) is 7.59. The molecule has 0 aliphatic carbocycles. The minimum atomic E-state index is -3.16. The summed E-state index contributed by atoms with van der Waals surface area (Å²) in [4.78, 5) is 18.6. The number of likely N-dealkylation sites (tertiary alicyclic amines) is 1. The number of hydrogen-bond donors (Lipinski definition) is 0. The lowest BCUT2D eigenvalue weighted by Gasteiger charge is -2.31. The van der Waals surface area contributed by atoms with Gasteiger partial charge >= 0.3 is 0 Å². The van der Waals surface area contributed by atoms with E-state index in [1.165, 1.54) is 10.6 Å². The summed E-state index contributed by atoms with van der Waals surface area (Å²) in [5.41, 5.74) is 0. The summed E-state index contributed by atoms with van der Waals surface area (Å²) in [6.45, 7) is 2.10. The van der Waals surface area contributed by atoms with Crippen LogP contribution in [0.15, 0.2) is 22.9 Å². The van der Waals surface area contributed by atoms with Gasteiger partial charge in [-0.1, -0.05) is 0 Å². The minimum absolute atomic E-state index is 0.0289. The van der Waals surface area contributed by atoms with Gasteiger partial charge in [-0.05, 0) is 34.8 Å². The third-order valence-electron chi connectivity index (χ3n) is 4.76. The van der Waals surface area contributed by atoms with Crippen LogP contribution >= 0.6 is 15.9 Å². The number of halogens is 1. The van der Waals surface area contributed by atoms with Gasteiger partial charge in [0, 0.05) is 44.4 Å². The molecule has 2 fully saturated rings. The maximum absolute atomic E-state index is 12.7. The molecule has 138 valence electrons. The Bertz CT molecular complexity index is 735. The highest BCUT2D eigenvalue weighted by atomic mass is 79.9. The summed E-state index contributed by atoms with van der Waals surface area (Å²) in [6.07, 6.45) is 6.51. The third kappa shape index (κ3) is 4.51. The molecule has 2 aliphatic rings. The summed E-state index contributed by atoms with van der Waals surface area (Å²) in [5, 5.41) is 0. The first-order chi connectivity index (χ1) is 11.8. The van der Waals surface area contributed by atoms with Gasteiger partial charge in [0.1, 0.15) is 11.9 Å². The molecule has 0 radical (unpaired) electrons. The van der Waals surface area contributed by atoms with Crippen LogP contribution in [0.5, 0.6) is 5.75 Å². The molecule has 1 atom stereocenters. The molecule has 0 spiro atoms. The smallest absolute Gasteiger partial charge is 0.225 e. The van der Waals surface area contributed by atoms with Crippen LogP contribution in [-0.2, 0) is 14.8 Å². The molecule has 1 aromatic heterocycles. The average Bonchev–Trinajstić information content (AvgIpc) is 3.04. The lowest BCUT2D eigenvalue weighted by molar-refractivity contribution is -0.135. The van der Waals surface area contributed by atoms with E-state index in [1.807, 2.05) is 4.90 Å². The maximum atomic E-state index is 12.7. The molecule has 2 saturated heterocycles. The van der Waals surface area contributed by atoms with E-state index in [4.69, 9.17) is 4.74 Å². The van der Waals surface area contributed by atoms with Crippen molar-refractivity contribution in [2.24, 2.45) is 5.92 Å². The molecule has 9 heteroatoms. The van der Waals surface area contributed by atoms with Crippen molar-refractivity contribution in [1.29, 1.82) is 0 Å². The summed E-state index contributed by atoms with van der Waals surface area (Å²) in [6, 6.07) is 1.80. The number of piperidine rings is 1. The number of hydrogen-bond acceptors (Lipinski definition) is 5. The standard InChI is InChI=1S/C16H22BrN3O4S/c1-25(22,23)20-8-3-12(4-9-20)16(21)19-7-5-13(11-19)24-15-2-6-18-10-14(15)17/h2,6,10,12-13H,3-5,7-9,11H2,1H3. The molecule has 2 aliphatic heterocycles. The zero-order valence-corrected chi connectivity index (χ0v) is 16.5. The number of ether oxygens (including phenoxy) is 1. The lowest BCUT2D eigenvalue weighted by atomic mass is 9.97. The Morgan fingerprint density at radius 2 is 2.00 bits per heavy atom. The van der Waals surface area contributed by atoms with Crippen LogP contribution in [0, 0.1) is 5.92 Å². The molecule has 1 aromatic rings. The van der Waals surface area contributed by atoms with E-state index in [1.54, 1.807) is 18.5 Å². The van der Waals surface area contributed by atoms with Crippen LogP contribution in [0.25, 0.3) is 0 Å². The van der Waals surface area contributed by atoms with Crippen LogP contribution in [0.1, 0.15) is 19.3 Å². The summed E-state index contributed by atoms with van der Waals surface area (Å²) in [7, 11) is -3.16. The molecule has 1 unspecified atom stereocenters. The highest BCUT2D eigenvalue weighted by Gasteiger charge is 2.35. The number of aromatic nitrogens is 1. The van der Waals surface area contributed by atoms with E-state index in [0.717, 1.165) is 16.6 Å². The molecule has 3 heterocycles. The predicted octanol–water partition coefficient (Wildman–Crippen LogP) is 1.50. The van der Waals surface area contributed by atoms with Crippen molar-refractivity contribution in [3.05, 3.63) is 22.9 Å². The fourth-order valence-corrected chi connectivity index (χ4v) is 4.57. The number of rotatable bonds is 4. The topological polar surface area (TPSA) is 79.8 Å². The van der Waals surface area contributed by atoms with Gasteiger partial charge in [-0.2, -0.15) is 0 Å². The molecule has 0 N–H and O–H groups in total. The number of sulfonamides is 1. The van der Waals surface area contributed by atoms with Crippen molar-refractivity contribution in [2.45, 2.75) is 25.4 Å². The second-order valence-electron chi connectivity index (χ2n) is 6.56. The molecule has 3 rings (SSSR count). The van der Waals surface area contributed by atoms with Gasteiger partial charge in [0.2, 0.25) is 15.9 Å². The van der Waals surface area contributed by atoms with Gasteiger partial charge in [0.25, 0.3) is 0 Å². The molecular weight excluding hydrogens is 410 g/mol. The van der Waals surface area contributed by atoms with Crippen molar-refractivity contribution < 1.29 is 17.9 Å². The van der Waals surface area contributed by atoms with E-state index < -0.39 is 10.0 Å². The van der Waals surface area contributed by atoms with E-state index in [-0.39, 0.29) is 17.9 Å². The number of carbonyl (C=O) groups is 1. The van der Waals surface area contributed by atoms with Gasteiger partial charge in [-0.15, -0.1) is 0 Å². The van der Waals surface area contributed by atoms with Gasteiger partial charge in [0.05, 0.1) is 17.3 Å². The molecule has 1 amide bonds. The van der Waals surface area contributed by atoms with Crippen molar-refractivity contribution in [2.75, 3.05) is 32.4 Å². The highest BCUT2D eigenvalue weighted by Crippen LogP contribution is 2.28. The first-order valence-corrected chi connectivity index (χ1v) is 11.0. The normalized spacial score (nSPS) is 23.0. The van der Waals surface area contributed by atoms with Gasteiger partial charge in [0.15, 0.2) is 0 Å². The Balaban J connectivity index is 1.52. The van der Waals surface area contributed by atoms with Crippen LogP contribution < -0.4 is 4.74 Å². The van der Waals surface area contributed by atoms with Crippen molar-refractivity contribution >= 4 is 31.9 Å². The Hall–Kier alpha value is -1.19. The Kier molecular flexibility index (Phi) is 5.65. The number of pyridine rings is 1. The maximum Gasteiger partial charge on any atom is 0.225 e. The lowest BCUT2D eigenvalue weighted by Crippen LogP contribution is -2.43. The van der Waals surface area contributed by atoms with Crippen molar-refractivity contribution in [1.82, 2.24) is 14.2 Å². The predicted molar refractivity (Wildman–Crippen MR) is 96.7 cm³/mol. The van der Waals surface area contributed by atoms with Gasteiger partial charge < -0.3 is 9.64 Å². The van der Waals surface area contributed by atoms with Crippen LogP contribution in [0.4, 0.5) is 0 Å². The first-order valence-electron chi connectivity index (χ1n) is 8.34. The van der Waals surface area contributed by atoms with E-state index in [9.17, 15) is 13.2 Å². The van der Waals surface area contributed by atoms with Gasteiger partial charge in [-0.25, -0.2) is 12.7 Å². The summed E-state index contributed by atoms with van der Waals surface area (Å²) >= 11 is 3.41. The SMILES string of the molecule is CS(=O)(=O)N1CCC(C(=O)N2CCC(Oc3ccncc3Br)C2)CC1. The molecule has 25 heavy (non-hydrogen) atoms. The highest BCUT2D eigenvalue weighted by molar-refractivity contribution is 9.10. The second-order valence-corrected chi connectivity index (χ2v) is 9.39. The summed E-state index contributed by atoms with van der Waals surface area (Å²) < 4.78 is 31.4. The Morgan fingerprint density at radius 1 is 1.28 bits per heavy atom. The number of carbonyl (C=O) groups excluding carboxylic acids is 1. The molecule has 0 bridgehead atoms. The average molecular weight is 432 g/mol. The van der Waals surface area contributed by atoms with Crippen LogP contribution in [0.3, 0.4) is 0 Å². The minimum Gasteiger partial charge on any atom is -0.487 e. The Morgan fingerprint density at radius 3 is 2.64 bits per heavy atom. The number of nitrogens with zero attached hydrogens (tertiary/aromatic N) is 3. The van der Waals surface area contributed by atoms with Crippen LogP contribution in [0.2, 0.25) is 0 Å². The largest absolute Gasteiger partial charge is 0.487 e. The molecule has 7 nitrogen and oxygen atoms in total. The van der Waals surface area contributed by atoms with E-state index in [0.29, 0.717) is 39.0 Å². The quantitative estimate of drug-likeness (QED) is 0.721. The molecule has 0 aromatic carbocycles. The Labute approximate surface area is 156 Å². The van der Waals surface area contributed by atoms with Crippen molar-refractivity contribution in [3.63, 3.8) is 0 Å². The van der Waals surface area contributed by atoms with E-state index >= 15 is 0 Å². The third-order valence-corrected chi connectivity index (χ3v) is 6.66. The fourth-order valence-electron chi connectivity index (χ4n) is 3.35. The van der Waals surface area contributed by atoms with Crippen molar-refractivity contribution in [3.8, 4) is 5.75 Å². The monoisotopic (exact) mass is 431 g/mol. The number of amides is 1.